The van der Waals surface area contributed by atoms with Gasteiger partial charge in [-0.15, -0.1) is 0 Å². The SMILES string of the molecule is O=C(NC1CCNCC1)c1cnc(-c2cc(F)c(F)c(F)c2)n1Cc1cc(F)c(F)c(F)c1. The molecule has 0 bridgehead atoms. The zero-order valence-corrected chi connectivity index (χ0v) is 17.1. The predicted molar refractivity (Wildman–Crippen MR) is 106 cm³/mol. The van der Waals surface area contributed by atoms with E-state index in [2.05, 4.69) is 15.6 Å². The molecule has 2 aromatic carbocycles. The van der Waals surface area contributed by atoms with Crippen LogP contribution >= 0.6 is 0 Å². The Balaban J connectivity index is 1.76. The fraction of sp³-hybridized carbons (Fsp3) is 0.273. The zero-order chi connectivity index (χ0) is 23.7. The molecule has 1 fully saturated rings. The van der Waals surface area contributed by atoms with Crippen LogP contribution in [-0.2, 0) is 6.54 Å². The number of imidazole rings is 1. The molecule has 0 aliphatic carbocycles. The summed E-state index contributed by atoms with van der Waals surface area (Å²) in [5, 5.41) is 5.99. The number of hydrogen-bond donors (Lipinski definition) is 2. The number of amides is 1. The molecule has 3 aromatic rings. The van der Waals surface area contributed by atoms with Gasteiger partial charge in [0.05, 0.1) is 12.7 Å². The first-order valence-corrected chi connectivity index (χ1v) is 10.1. The Morgan fingerprint density at radius 1 is 0.939 bits per heavy atom. The van der Waals surface area contributed by atoms with Crippen LogP contribution in [0.2, 0.25) is 0 Å². The number of rotatable bonds is 5. The number of hydrogen-bond acceptors (Lipinski definition) is 3. The Labute approximate surface area is 184 Å². The maximum absolute atomic E-state index is 13.8. The van der Waals surface area contributed by atoms with E-state index in [0.29, 0.717) is 38.1 Å². The van der Waals surface area contributed by atoms with Crippen molar-refractivity contribution in [1.29, 1.82) is 0 Å². The molecule has 4 rings (SSSR count). The fourth-order valence-electron chi connectivity index (χ4n) is 3.74. The highest BCUT2D eigenvalue weighted by molar-refractivity contribution is 5.93. The van der Waals surface area contributed by atoms with Crippen LogP contribution < -0.4 is 10.6 Å². The minimum atomic E-state index is -1.68. The molecule has 1 aromatic heterocycles. The van der Waals surface area contributed by atoms with Gasteiger partial charge < -0.3 is 15.2 Å². The molecular weight excluding hydrogens is 450 g/mol. The van der Waals surface area contributed by atoms with Gasteiger partial charge in [-0.1, -0.05) is 0 Å². The third kappa shape index (κ3) is 4.72. The van der Waals surface area contributed by atoms with E-state index in [-0.39, 0.29) is 35.2 Å². The number of nitrogens with one attached hydrogen (secondary N) is 2. The van der Waals surface area contributed by atoms with E-state index < -0.39 is 40.8 Å². The first-order valence-electron chi connectivity index (χ1n) is 10.1. The van der Waals surface area contributed by atoms with Crippen molar-refractivity contribution >= 4 is 5.91 Å². The molecule has 33 heavy (non-hydrogen) atoms. The molecule has 1 amide bonds. The number of piperidine rings is 1. The molecule has 1 saturated heterocycles. The second-order valence-electron chi connectivity index (χ2n) is 7.68. The number of carbonyl (C=O) groups excluding carboxylic acids is 1. The van der Waals surface area contributed by atoms with Crippen LogP contribution in [0.5, 0.6) is 0 Å². The van der Waals surface area contributed by atoms with E-state index >= 15 is 0 Å². The van der Waals surface area contributed by atoms with Crippen molar-refractivity contribution in [3.8, 4) is 11.4 Å². The fourth-order valence-corrected chi connectivity index (χ4v) is 3.74. The first-order chi connectivity index (χ1) is 15.7. The standard InChI is InChI=1S/C22H18F6N4O/c23-14-5-11(6-15(24)19(14)27)10-32-18(22(33)31-13-1-3-29-4-2-13)9-30-21(32)12-7-16(25)20(28)17(26)8-12/h5-9,13,29H,1-4,10H2,(H,31,33). The lowest BCUT2D eigenvalue weighted by Gasteiger charge is -2.24. The van der Waals surface area contributed by atoms with Crippen LogP contribution in [0.25, 0.3) is 11.4 Å². The molecule has 5 nitrogen and oxygen atoms in total. The second kappa shape index (κ2) is 9.26. The molecule has 11 heteroatoms. The molecule has 0 saturated carbocycles. The van der Waals surface area contributed by atoms with Crippen LogP contribution in [0.3, 0.4) is 0 Å². The van der Waals surface area contributed by atoms with Gasteiger partial charge in [0.15, 0.2) is 34.9 Å². The Kier molecular flexibility index (Phi) is 6.41. The Morgan fingerprint density at radius 3 is 2.06 bits per heavy atom. The maximum atomic E-state index is 13.8. The summed E-state index contributed by atoms with van der Waals surface area (Å²) in [5.41, 5.74) is -0.321. The summed E-state index contributed by atoms with van der Waals surface area (Å²) in [7, 11) is 0. The lowest BCUT2D eigenvalue weighted by molar-refractivity contribution is 0.0920. The minimum absolute atomic E-state index is 0.0567. The molecule has 1 aliphatic rings. The normalized spacial score (nSPS) is 14.5. The molecule has 0 atom stereocenters. The van der Waals surface area contributed by atoms with Gasteiger partial charge >= 0.3 is 0 Å². The Bertz CT molecular complexity index is 1160. The van der Waals surface area contributed by atoms with E-state index in [9.17, 15) is 31.1 Å². The number of benzene rings is 2. The summed E-state index contributed by atoms with van der Waals surface area (Å²) >= 11 is 0. The number of aromatic nitrogens is 2. The van der Waals surface area contributed by atoms with Gasteiger partial charge in [-0.25, -0.2) is 31.3 Å². The Morgan fingerprint density at radius 2 is 1.48 bits per heavy atom. The molecule has 0 spiro atoms. The summed E-state index contributed by atoms with van der Waals surface area (Å²) in [4.78, 5) is 17.0. The monoisotopic (exact) mass is 468 g/mol. The number of nitrogens with zero attached hydrogens (tertiary/aromatic N) is 2. The lowest BCUT2D eigenvalue weighted by atomic mass is 10.1. The lowest BCUT2D eigenvalue weighted by Crippen LogP contribution is -2.43. The average Bonchev–Trinajstić information content (AvgIpc) is 3.19. The van der Waals surface area contributed by atoms with Gasteiger partial charge in [-0.05, 0) is 55.8 Å². The molecule has 0 unspecified atom stereocenters. The van der Waals surface area contributed by atoms with E-state index in [4.69, 9.17) is 0 Å². The van der Waals surface area contributed by atoms with Crippen molar-refractivity contribution in [2.45, 2.75) is 25.4 Å². The third-order valence-corrected chi connectivity index (χ3v) is 5.39. The topological polar surface area (TPSA) is 59.0 Å². The van der Waals surface area contributed by atoms with Gasteiger partial charge in [0, 0.05) is 11.6 Å². The van der Waals surface area contributed by atoms with Crippen LogP contribution in [0.15, 0.2) is 30.5 Å². The summed E-state index contributed by atoms with van der Waals surface area (Å²) in [6, 6.07) is 2.73. The smallest absolute Gasteiger partial charge is 0.269 e. The number of halogens is 6. The quantitative estimate of drug-likeness (QED) is 0.441. The number of carbonyl (C=O) groups is 1. The van der Waals surface area contributed by atoms with Crippen LogP contribution in [-0.4, -0.2) is 34.6 Å². The molecule has 2 heterocycles. The summed E-state index contributed by atoms with van der Waals surface area (Å²) < 4.78 is 83.1. The van der Waals surface area contributed by atoms with Crippen molar-refractivity contribution in [2.24, 2.45) is 0 Å². The largest absolute Gasteiger partial charge is 0.348 e. The second-order valence-corrected chi connectivity index (χ2v) is 7.68. The highest BCUT2D eigenvalue weighted by Gasteiger charge is 2.24. The van der Waals surface area contributed by atoms with Gasteiger partial charge in [0.2, 0.25) is 0 Å². The highest BCUT2D eigenvalue weighted by atomic mass is 19.2. The van der Waals surface area contributed by atoms with Crippen molar-refractivity contribution in [1.82, 2.24) is 20.2 Å². The average molecular weight is 468 g/mol. The van der Waals surface area contributed by atoms with Crippen molar-refractivity contribution in [2.75, 3.05) is 13.1 Å². The van der Waals surface area contributed by atoms with E-state index in [1.54, 1.807) is 0 Å². The minimum Gasteiger partial charge on any atom is -0.348 e. The van der Waals surface area contributed by atoms with E-state index in [1.165, 1.54) is 4.57 Å². The zero-order valence-electron chi connectivity index (χ0n) is 17.1. The first kappa shape index (κ1) is 22.8. The molecular formula is C22H18F6N4O. The van der Waals surface area contributed by atoms with Crippen LogP contribution in [0, 0.1) is 34.9 Å². The predicted octanol–water partition coefficient (Wildman–Crippen LogP) is 3.91. The highest BCUT2D eigenvalue weighted by Crippen LogP contribution is 2.26. The summed E-state index contributed by atoms with van der Waals surface area (Å²) in [5.74, 6) is -9.87. The molecule has 2 N–H and O–H groups in total. The summed E-state index contributed by atoms with van der Waals surface area (Å²) in [6.45, 7) is 1.04. The third-order valence-electron chi connectivity index (χ3n) is 5.39. The van der Waals surface area contributed by atoms with E-state index in [1.807, 2.05) is 0 Å². The van der Waals surface area contributed by atoms with Gasteiger partial charge in [-0.3, -0.25) is 4.79 Å². The van der Waals surface area contributed by atoms with Gasteiger partial charge in [0.1, 0.15) is 11.5 Å². The van der Waals surface area contributed by atoms with Crippen molar-refractivity contribution in [3.05, 3.63) is 76.6 Å². The van der Waals surface area contributed by atoms with Crippen molar-refractivity contribution < 1.29 is 31.1 Å². The maximum Gasteiger partial charge on any atom is 0.269 e. The van der Waals surface area contributed by atoms with Crippen LogP contribution in [0.4, 0.5) is 26.3 Å². The molecule has 174 valence electrons. The summed E-state index contributed by atoms with van der Waals surface area (Å²) in [6.07, 6.45) is 2.49. The van der Waals surface area contributed by atoms with Gasteiger partial charge in [-0.2, -0.15) is 0 Å². The Hall–Kier alpha value is -3.34. The molecule has 1 aliphatic heterocycles. The van der Waals surface area contributed by atoms with Crippen LogP contribution in [0.1, 0.15) is 28.9 Å². The van der Waals surface area contributed by atoms with Crippen molar-refractivity contribution in [3.63, 3.8) is 0 Å². The van der Waals surface area contributed by atoms with Gasteiger partial charge in [0.25, 0.3) is 5.91 Å². The van der Waals surface area contributed by atoms with E-state index in [0.717, 1.165) is 18.3 Å². The molecule has 0 radical (unpaired) electrons.